The second kappa shape index (κ2) is 16.9. The van der Waals surface area contributed by atoms with E-state index < -0.39 is 18.2 Å². The zero-order chi connectivity index (χ0) is 29.5. The summed E-state index contributed by atoms with van der Waals surface area (Å²) in [5.74, 6) is -0.121. The molecule has 3 aromatic carbocycles. The average Bonchev–Trinajstić information content (AvgIpc) is 2.98. The minimum absolute atomic E-state index is 0.0981. The Morgan fingerprint density at radius 2 is 1.20 bits per heavy atom. The molecule has 0 saturated carbocycles. The Labute approximate surface area is 243 Å². The Morgan fingerprint density at radius 1 is 0.683 bits per heavy atom. The van der Waals surface area contributed by atoms with Crippen molar-refractivity contribution in [2.75, 3.05) is 6.61 Å². The van der Waals surface area contributed by atoms with Gasteiger partial charge in [-0.05, 0) is 65.8 Å². The molecule has 0 bridgehead atoms. The van der Waals surface area contributed by atoms with Crippen LogP contribution in [0.3, 0.4) is 0 Å². The van der Waals surface area contributed by atoms with E-state index in [1.807, 2.05) is 55.5 Å². The first-order valence-corrected chi connectivity index (χ1v) is 15.0. The van der Waals surface area contributed by atoms with E-state index >= 15 is 0 Å². The molecule has 0 saturated heterocycles. The van der Waals surface area contributed by atoms with Crippen LogP contribution in [-0.2, 0) is 4.74 Å². The van der Waals surface area contributed by atoms with Gasteiger partial charge >= 0.3 is 12.1 Å². The molecule has 0 N–H and O–H groups in total. The van der Waals surface area contributed by atoms with Crippen molar-refractivity contribution in [1.82, 2.24) is 0 Å². The Hall–Kier alpha value is -3.28. The molecular formula is C35H43F3O3. The zero-order valence-electron chi connectivity index (χ0n) is 24.3. The van der Waals surface area contributed by atoms with Gasteiger partial charge in [0.25, 0.3) is 0 Å². The van der Waals surface area contributed by atoms with Crippen molar-refractivity contribution in [3.05, 3.63) is 78.4 Å². The highest BCUT2D eigenvalue weighted by Crippen LogP contribution is 2.34. The van der Waals surface area contributed by atoms with Gasteiger partial charge in [0.2, 0.25) is 0 Å². The zero-order valence-corrected chi connectivity index (χ0v) is 24.3. The molecule has 41 heavy (non-hydrogen) atoms. The molecule has 0 aliphatic carbocycles. The van der Waals surface area contributed by atoms with Gasteiger partial charge in [-0.1, -0.05) is 114 Å². The fourth-order valence-electron chi connectivity index (χ4n) is 4.82. The fraction of sp³-hybridized carbons (Fsp3) is 0.457. The lowest BCUT2D eigenvalue weighted by Crippen LogP contribution is -2.33. The molecule has 3 nitrogen and oxygen atoms in total. The van der Waals surface area contributed by atoms with E-state index in [9.17, 15) is 18.0 Å². The summed E-state index contributed by atoms with van der Waals surface area (Å²) in [5.41, 5.74) is 3.94. The molecule has 6 heteroatoms. The van der Waals surface area contributed by atoms with E-state index in [0.717, 1.165) is 47.3 Å². The van der Waals surface area contributed by atoms with E-state index in [0.29, 0.717) is 19.4 Å². The van der Waals surface area contributed by atoms with Crippen molar-refractivity contribution in [2.24, 2.45) is 0 Å². The summed E-state index contributed by atoms with van der Waals surface area (Å²) >= 11 is 0. The third-order valence-corrected chi connectivity index (χ3v) is 7.22. The second-order valence-electron chi connectivity index (χ2n) is 10.5. The maximum atomic E-state index is 13.5. The van der Waals surface area contributed by atoms with Crippen LogP contribution in [0.4, 0.5) is 13.2 Å². The molecule has 0 spiro atoms. The normalized spacial score (nSPS) is 12.2. The first-order chi connectivity index (χ1) is 19.8. The number of ether oxygens (including phenoxy) is 2. The predicted molar refractivity (Wildman–Crippen MR) is 160 cm³/mol. The lowest BCUT2D eigenvalue weighted by Gasteiger charge is -2.20. The summed E-state index contributed by atoms with van der Waals surface area (Å²) in [7, 11) is 0. The SMILES string of the molecule is CCCCCCCCOc1ccc(-c2ccccc2-c2ccc(C(=O)OC(CCCCCC)C(F)(F)F)cc2)cc1. The predicted octanol–water partition coefficient (Wildman–Crippen LogP) is 10.8. The Kier molecular flexibility index (Phi) is 13.3. The minimum atomic E-state index is -4.59. The van der Waals surface area contributed by atoms with Crippen LogP contribution in [0.15, 0.2) is 72.8 Å². The largest absolute Gasteiger partial charge is 0.494 e. The monoisotopic (exact) mass is 568 g/mol. The maximum Gasteiger partial charge on any atom is 0.425 e. The van der Waals surface area contributed by atoms with Crippen molar-refractivity contribution in [3.8, 4) is 28.0 Å². The van der Waals surface area contributed by atoms with Crippen molar-refractivity contribution >= 4 is 5.97 Å². The first kappa shape index (κ1) is 32.2. The molecule has 1 atom stereocenters. The van der Waals surface area contributed by atoms with Crippen molar-refractivity contribution in [3.63, 3.8) is 0 Å². The molecule has 0 amide bonds. The topological polar surface area (TPSA) is 35.5 Å². The number of rotatable bonds is 17. The van der Waals surface area contributed by atoms with Crippen LogP contribution >= 0.6 is 0 Å². The van der Waals surface area contributed by atoms with Crippen molar-refractivity contribution in [1.29, 1.82) is 0 Å². The Balaban J connectivity index is 1.63. The van der Waals surface area contributed by atoms with Crippen LogP contribution < -0.4 is 4.74 Å². The third-order valence-electron chi connectivity index (χ3n) is 7.22. The van der Waals surface area contributed by atoms with Crippen LogP contribution in [0.25, 0.3) is 22.3 Å². The summed E-state index contributed by atoms with van der Waals surface area (Å²) in [6, 6.07) is 22.5. The van der Waals surface area contributed by atoms with E-state index in [-0.39, 0.29) is 12.0 Å². The first-order valence-electron chi connectivity index (χ1n) is 15.0. The van der Waals surface area contributed by atoms with Crippen LogP contribution in [0.5, 0.6) is 5.75 Å². The van der Waals surface area contributed by atoms with Gasteiger partial charge in [-0.15, -0.1) is 0 Å². The summed E-state index contributed by atoms with van der Waals surface area (Å²) in [4.78, 5) is 12.6. The molecule has 0 fully saturated rings. The number of esters is 1. The van der Waals surface area contributed by atoms with Gasteiger partial charge in [-0.2, -0.15) is 13.2 Å². The minimum Gasteiger partial charge on any atom is -0.494 e. The van der Waals surface area contributed by atoms with Gasteiger partial charge in [0, 0.05) is 0 Å². The highest BCUT2D eigenvalue weighted by atomic mass is 19.4. The van der Waals surface area contributed by atoms with E-state index in [1.54, 1.807) is 12.1 Å². The standard InChI is InChI=1S/C35H43F3O3/c1-3-5-7-9-10-14-26-40-30-24-22-28(23-25-30)32-16-13-12-15-31(32)27-18-20-29(21-19-27)34(39)41-33(35(36,37)38)17-11-8-6-4-2/h12-13,15-16,18-25,33H,3-11,14,17,26H2,1-2H3. The summed E-state index contributed by atoms with van der Waals surface area (Å²) in [5, 5.41) is 0. The van der Waals surface area contributed by atoms with Gasteiger partial charge in [0.1, 0.15) is 5.75 Å². The van der Waals surface area contributed by atoms with E-state index in [4.69, 9.17) is 9.47 Å². The van der Waals surface area contributed by atoms with Crippen molar-refractivity contribution < 1.29 is 27.4 Å². The molecule has 0 heterocycles. The average molecular weight is 569 g/mol. The summed E-state index contributed by atoms with van der Waals surface area (Å²) < 4.78 is 51.2. The van der Waals surface area contributed by atoms with Gasteiger partial charge in [-0.25, -0.2) is 4.79 Å². The van der Waals surface area contributed by atoms with Gasteiger partial charge in [0.05, 0.1) is 12.2 Å². The molecule has 0 radical (unpaired) electrons. The van der Waals surface area contributed by atoms with E-state index in [2.05, 4.69) is 6.92 Å². The lowest BCUT2D eigenvalue weighted by atomic mass is 9.94. The molecule has 222 valence electrons. The number of carbonyl (C=O) groups excluding carboxylic acids is 1. The molecule has 0 aliphatic rings. The highest BCUT2D eigenvalue weighted by molar-refractivity contribution is 5.91. The number of hydrogen-bond acceptors (Lipinski definition) is 3. The maximum absolute atomic E-state index is 13.5. The van der Waals surface area contributed by atoms with Gasteiger partial charge in [0.15, 0.2) is 6.10 Å². The smallest absolute Gasteiger partial charge is 0.425 e. The molecule has 3 rings (SSSR count). The number of unbranched alkanes of at least 4 members (excludes halogenated alkanes) is 8. The Bertz CT molecular complexity index is 1170. The number of hydrogen-bond donors (Lipinski definition) is 0. The van der Waals surface area contributed by atoms with Gasteiger partial charge < -0.3 is 9.47 Å². The van der Waals surface area contributed by atoms with Crippen LogP contribution in [0, 0.1) is 0 Å². The van der Waals surface area contributed by atoms with Gasteiger partial charge in [-0.3, -0.25) is 0 Å². The molecule has 0 aromatic heterocycles. The molecule has 3 aromatic rings. The molecular weight excluding hydrogens is 525 g/mol. The highest BCUT2D eigenvalue weighted by Gasteiger charge is 2.42. The fourth-order valence-corrected chi connectivity index (χ4v) is 4.82. The molecule has 0 aliphatic heterocycles. The molecule has 1 unspecified atom stereocenters. The quantitative estimate of drug-likeness (QED) is 0.120. The number of alkyl halides is 3. The third kappa shape index (κ3) is 10.6. The summed E-state index contributed by atoms with van der Waals surface area (Å²) in [6.07, 6.45) is 3.25. The second-order valence-corrected chi connectivity index (χ2v) is 10.5. The Morgan fingerprint density at radius 3 is 1.76 bits per heavy atom. The number of benzene rings is 3. The van der Waals surface area contributed by atoms with Crippen molar-refractivity contribution in [2.45, 2.75) is 96.8 Å². The van der Waals surface area contributed by atoms with Crippen LogP contribution in [0.1, 0.15) is 94.8 Å². The van der Waals surface area contributed by atoms with Crippen LogP contribution in [0.2, 0.25) is 0 Å². The van der Waals surface area contributed by atoms with Crippen LogP contribution in [-0.4, -0.2) is 24.9 Å². The van der Waals surface area contributed by atoms with E-state index in [1.165, 1.54) is 44.2 Å². The summed E-state index contributed by atoms with van der Waals surface area (Å²) in [6.45, 7) is 4.92. The number of halogens is 3. The number of carbonyl (C=O) groups is 1. The lowest BCUT2D eigenvalue weighted by molar-refractivity contribution is -0.206.